The minimum atomic E-state index is 0.813. The molecular formula is C14H20N4. The van der Waals surface area contributed by atoms with Crippen LogP contribution < -0.4 is 10.6 Å². The van der Waals surface area contributed by atoms with E-state index in [1.807, 2.05) is 0 Å². The van der Waals surface area contributed by atoms with E-state index < -0.39 is 0 Å². The lowest BCUT2D eigenvalue weighted by Gasteiger charge is -2.17. The van der Waals surface area contributed by atoms with Gasteiger partial charge in [0.05, 0.1) is 5.52 Å². The van der Waals surface area contributed by atoms with E-state index in [-0.39, 0.29) is 0 Å². The Balaban J connectivity index is 2.21. The zero-order chi connectivity index (χ0) is 12.7. The third-order valence-electron chi connectivity index (χ3n) is 3.93. The molecule has 0 amide bonds. The van der Waals surface area contributed by atoms with Crippen molar-refractivity contribution in [3.8, 4) is 0 Å². The van der Waals surface area contributed by atoms with Gasteiger partial charge < -0.3 is 10.6 Å². The molecule has 18 heavy (non-hydrogen) atoms. The van der Waals surface area contributed by atoms with Crippen LogP contribution >= 0.6 is 0 Å². The molecule has 1 aliphatic rings. The van der Waals surface area contributed by atoms with Gasteiger partial charge in [0.25, 0.3) is 0 Å². The van der Waals surface area contributed by atoms with Crippen molar-refractivity contribution >= 4 is 17.0 Å². The normalized spacial score (nSPS) is 14.1. The predicted molar refractivity (Wildman–Crippen MR) is 75.2 cm³/mol. The first-order valence-electron chi connectivity index (χ1n) is 6.80. The van der Waals surface area contributed by atoms with E-state index in [4.69, 9.17) is 10.8 Å². The molecular weight excluding hydrogens is 224 g/mol. The van der Waals surface area contributed by atoms with E-state index in [9.17, 15) is 0 Å². The molecule has 0 aromatic carbocycles. The molecule has 2 heterocycles. The van der Waals surface area contributed by atoms with Crippen LogP contribution in [0.3, 0.4) is 0 Å². The highest BCUT2D eigenvalue weighted by molar-refractivity contribution is 5.82. The van der Waals surface area contributed by atoms with E-state index in [1.165, 1.54) is 24.1 Å². The fourth-order valence-corrected chi connectivity index (χ4v) is 2.91. The second kappa shape index (κ2) is 4.19. The molecule has 2 aromatic rings. The maximum absolute atomic E-state index is 6.26. The number of rotatable bonds is 3. The number of nitrogens with two attached hydrogens (primary N) is 1. The Hall–Kier alpha value is -1.71. The smallest absolute Gasteiger partial charge is 0.174 e. The van der Waals surface area contributed by atoms with Crippen molar-refractivity contribution in [2.75, 3.05) is 23.7 Å². The summed E-state index contributed by atoms with van der Waals surface area (Å²) in [5.41, 5.74) is 10.9. The van der Waals surface area contributed by atoms with Crippen molar-refractivity contribution in [2.24, 2.45) is 0 Å². The number of aromatic nitrogens is 2. The highest BCUT2D eigenvalue weighted by atomic mass is 15.3. The van der Waals surface area contributed by atoms with E-state index in [1.54, 1.807) is 0 Å². The monoisotopic (exact) mass is 244 g/mol. The third-order valence-corrected chi connectivity index (χ3v) is 3.93. The fourth-order valence-electron chi connectivity index (χ4n) is 2.91. The van der Waals surface area contributed by atoms with Gasteiger partial charge in [-0.1, -0.05) is 6.07 Å². The number of nitrogens with zero attached hydrogens (tertiary/aromatic N) is 3. The lowest BCUT2D eigenvalue weighted by atomic mass is 10.2. The van der Waals surface area contributed by atoms with Gasteiger partial charge >= 0.3 is 0 Å². The molecule has 0 saturated heterocycles. The summed E-state index contributed by atoms with van der Waals surface area (Å²) in [5, 5.41) is 4.74. The number of fused-ring (bicyclic) bond motifs is 3. The summed E-state index contributed by atoms with van der Waals surface area (Å²) >= 11 is 0. The topological polar surface area (TPSA) is 46.6 Å². The van der Waals surface area contributed by atoms with Crippen molar-refractivity contribution in [1.29, 1.82) is 0 Å². The van der Waals surface area contributed by atoms with Crippen molar-refractivity contribution in [3.63, 3.8) is 0 Å². The Morgan fingerprint density at radius 3 is 2.78 bits per heavy atom. The number of hydrogen-bond acceptors (Lipinski definition) is 3. The Morgan fingerprint density at radius 1 is 1.28 bits per heavy atom. The maximum atomic E-state index is 6.26. The largest absolute Gasteiger partial charge is 0.394 e. The van der Waals surface area contributed by atoms with Gasteiger partial charge in [-0.05, 0) is 44.7 Å². The van der Waals surface area contributed by atoms with Crippen LogP contribution in [0.25, 0.3) is 5.52 Å². The van der Waals surface area contributed by atoms with Crippen LogP contribution in [0.1, 0.15) is 31.5 Å². The van der Waals surface area contributed by atoms with Gasteiger partial charge in [0, 0.05) is 18.8 Å². The van der Waals surface area contributed by atoms with Crippen LogP contribution in [0.15, 0.2) is 12.1 Å². The molecule has 3 rings (SSSR count). The van der Waals surface area contributed by atoms with Crippen LogP contribution in [-0.4, -0.2) is 22.7 Å². The van der Waals surface area contributed by atoms with Gasteiger partial charge in [0.1, 0.15) is 5.69 Å². The first kappa shape index (κ1) is 11.4. The molecule has 96 valence electrons. The lowest BCUT2D eigenvalue weighted by Crippen LogP contribution is -2.23. The Kier molecular flexibility index (Phi) is 2.65. The highest BCUT2D eigenvalue weighted by Crippen LogP contribution is 2.31. The molecule has 0 atom stereocenters. The first-order valence-corrected chi connectivity index (χ1v) is 6.80. The summed E-state index contributed by atoms with van der Waals surface area (Å²) in [7, 11) is 0. The van der Waals surface area contributed by atoms with Gasteiger partial charge in [-0.2, -0.15) is 0 Å². The van der Waals surface area contributed by atoms with Crippen LogP contribution in [0, 0.1) is 0 Å². The summed E-state index contributed by atoms with van der Waals surface area (Å²) in [6, 6.07) is 4.32. The lowest BCUT2D eigenvalue weighted by molar-refractivity contribution is 0.801. The van der Waals surface area contributed by atoms with Crippen LogP contribution in [0.2, 0.25) is 0 Å². The average Bonchev–Trinajstić information content (AvgIpc) is 2.97. The summed E-state index contributed by atoms with van der Waals surface area (Å²) in [6.07, 6.45) is 3.52. The van der Waals surface area contributed by atoms with E-state index >= 15 is 0 Å². The molecule has 4 nitrogen and oxygen atoms in total. The van der Waals surface area contributed by atoms with Gasteiger partial charge in [0.2, 0.25) is 0 Å². The second-order valence-corrected chi connectivity index (χ2v) is 4.87. The van der Waals surface area contributed by atoms with Crippen LogP contribution in [0.5, 0.6) is 0 Å². The quantitative estimate of drug-likeness (QED) is 0.900. The molecule has 2 aromatic heterocycles. The minimum absolute atomic E-state index is 0.813. The van der Waals surface area contributed by atoms with Crippen molar-refractivity contribution < 1.29 is 0 Å². The number of anilines is 2. The molecule has 0 bridgehead atoms. The molecule has 4 heteroatoms. The van der Waals surface area contributed by atoms with E-state index in [0.29, 0.717) is 0 Å². The Morgan fingerprint density at radius 2 is 2.06 bits per heavy atom. The highest BCUT2D eigenvalue weighted by Gasteiger charge is 2.20. The number of hydrogen-bond donors (Lipinski definition) is 1. The maximum Gasteiger partial charge on any atom is 0.174 e. The molecule has 2 N–H and O–H groups in total. The van der Waals surface area contributed by atoms with Crippen molar-refractivity contribution in [3.05, 3.63) is 23.4 Å². The number of nitrogen functional groups attached to an aromatic ring is 1. The van der Waals surface area contributed by atoms with E-state index in [2.05, 4.69) is 35.4 Å². The molecule has 0 aliphatic heterocycles. The SMILES string of the molecule is CCN(CC)c1nn2c3c(ccc2c1N)CCC3. The molecule has 0 unspecified atom stereocenters. The first-order chi connectivity index (χ1) is 8.76. The Labute approximate surface area is 107 Å². The molecule has 0 radical (unpaired) electrons. The number of aryl methyl sites for hydroxylation is 2. The summed E-state index contributed by atoms with van der Waals surface area (Å²) < 4.78 is 2.06. The van der Waals surface area contributed by atoms with E-state index in [0.717, 1.165) is 36.5 Å². The summed E-state index contributed by atoms with van der Waals surface area (Å²) in [6.45, 7) is 6.15. The van der Waals surface area contributed by atoms with Gasteiger partial charge in [-0.15, -0.1) is 5.10 Å². The van der Waals surface area contributed by atoms with Gasteiger partial charge in [-0.3, -0.25) is 0 Å². The zero-order valence-electron chi connectivity index (χ0n) is 11.1. The van der Waals surface area contributed by atoms with Crippen LogP contribution in [-0.2, 0) is 12.8 Å². The molecule has 0 spiro atoms. The Bertz CT molecular complexity index is 581. The fraction of sp³-hybridized carbons (Fsp3) is 0.500. The second-order valence-electron chi connectivity index (χ2n) is 4.87. The molecule has 0 saturated carbocycles. The third kappa shape index (κ3) is 1.48. The van der Waals surface area contributed by atoms with Gasteiger partial charge in [-0.25, -0.2) is 4.52 Å². The predicted octanol–water partition coefficient (Wildman–Crippen LogP) is 2.25. The minimum Gasteiger partial charge on any atom is -0.394 e. The van der Waals surface area contributed by atoms with Crippen molar-refractivity contribution in [1.82, 2.24) is 9.61 Å². The van der Waals surface area contributed by atoms with Crippen molar-refractivity contribution in [2.45, 2.75) is 33.1 Å². The molecule has 0 fully saturated rings. The summed E-state index contributed by atoms with van der Waals surface area (Å²) in [4.78, 5) is 2.21. The average molecular weight is 244 g/mol. The van der Waals surface area contributed by atoms with Crippen LogP contribution in [0.4, 0.5) is 11.5 Å². The zero-order valence-corrected chi connectivity index (χ0v) is 11.1. The molecule has 1 aliphatic carbocycles. The van der Waals surface area contributed by atoms with Gasteiger partial charge in [0.15, 0.2) is 5.82 Å². The standard InChI is InChI=1S/C14H20N4/c1-3-17(4-2)14-13(15)12-9-8-10-6-5-7-11(10)18(12)16-14/h8-9H,3-7,15H2,1-2H3. The number of pyridine rings is 1. The summed E-state index contributed by atoms with van der Waals surface area (Å²) in [5.74, 6) is 0.931.